The molecule has 0 radical (unpaired) electrons. The molecule has 1 amide bonds. The minimum atomic E-state index is -0.532. The van der Waals surface area contributed by atoms with Crippen molar-refractivity contribution in [3.8, 4) is 0 Å². The monoisotopic (exact) mass is 297 g/mol. The molecule has 0 bridgehead atoms. The van der Waals surface area contributed by atoms with Gasteiger partial charge in [-0.25, -0.2) is 0 Å². The van der Waals surface area contributed by atoms with Crippen LogP contribution in [0, 0.1) is 0 Å². The third-order valence-corrected chi connectivity index (χ3v) is 3.60. The maximum atomic E-state index is 11.7. The molecule has 2 aliphatic rings. The standard InChI is InChI=1S/C12H23N3O.2ClH/c1-10(9-15-7-3-2-4-8-15)14-11(16)12(13)5-6-12;;/h10H,2-9,13H2,1H3,(H,14,16);2*1H. The molecule has 0 aromatic rings. The average molecular weight is 298 g/mol. The Labute approximate surface area is 122 Å². The molecule has 4 nitrogen and oxygen atoms in total. The molecule has 2 fully saturated rings. The number of amides is 1. The van der Waals surface area contributed by atoms with E-state index in [0.29, 0.717) is 0 Å². The van der Waals surface area contributed by atoms with E-state index in [1.54, 1.807) is 0 Å². The van der Waals surface area contributed by atoms with Crippen LogP contribution in [0.25, 0.3) is 0 Å². The lowest BCUT2D eigenvalue weighted by atomic mass is 10.1. The Morgan fingerprint density at radius 1 is 1.28 bits per heavy atom. The fourth-order valence-corrected chi connectivity index (χ4v) is 2.30. The summed E-state index contributed by atoms with van der Waals surface area (Å²) in [6, 6.07) is 0.214. The highest BCUT2D eigenvalue weighted by Crippen LogP contribution is 2.32. The first-order valence-electron chi connectivity index (χ1n) is 6.42. The minimum Gasteiger partial charge on any atom is -0.351 e. The zero-order chi connectivity index (χ0) is 11.6. The average Bonchev–Trinajstić information content (AvgIpc) is 2.99. The van der Waals surface area contributed by atoms with Gasteiger partial charge in [-0.3, -0.25) is 4.79 Å². The molecule has 1 aliphatic heterocycles. The van der Waals surface area contributed by atoms with Gasteiger partial charge in [-0.15, -0.1) is 24.8 Å². The third kappa shape index (κ3) is 4.92. The zero-order valence-corrected chi connectivity index (χ0v) is 12.6. The van der Waals surface area contributed by atoms with Crippen molar-refractivity contribution in [1.29, 1.82) is 0 Å². The van der Waals surface area contributed by atoms with Crippen LogP contribution in [0.1, 0.15) is 39.0 Å². The number of nitrogens with two attached hydrogens (primary N) is 1. The van der Waals surface area contributed by atoms with Gasteiger partial charge in [0.05, 0.1) is 5.54 Å². The number of carbonyl (C=O) groups is 1. The highest BCUT2D eigenvalue weighted by Gasteiger charge is 2.46. The van der Waals surface area contributed by atoms with Crippen molar-refractivity contribution in [3.05, 3.63) is 0 Å². The smallest absolute Gasteiger partial charge is 0.240 e. The van der Waals surface area contributed by atoms with Crippen LogP contribution in [0.15, 0.2) is 0 Å². The molecule has 0 spiro atoms. The first kappa shape index (κ1) is 18.0. The van der Waals surface area contributed by atoms with E-state index in [9.17, 15) is 4.79 Å². The molecule has 0 aromatic carbocycles. The van der Waals surface area contributed by atoms with Crippen LogP contribution >= 0.6 is 24.8 Å². The zero-order valence-electron chi connectivity index (χ0n) is 11.0. The van der Waals surface area contributed by atoms with Crippen LogP contribution < -0.4 is 11.1 Å². The predicted octanol–water partition coefficient (Wildman–Crippen LogP) is 1.31. The van der Waals surface area contributed by atoms with Gasteiger partial charge in [0, 0.05) is 12.6 Å². The molecule has 3 N–H and O–H groups in total. The summed E-state index contributed by atoms with van der Waals surface area (Å²) in [7, 11) is 0. The van der Waals surface area contributed by atoms with Crippen LogP contribution in [0.5, 0.6) is 0 Å². The largest absolute Gasteiger partial charge is 0.351 e. The normalized spacial score (nSPS) is 23.2. The maximum Gasteiger partial charge on any atom is 0.240 e. The van der Waals surface area contributed by atoms with Gasteiger partial charge in [-0.05, 0) is 45.7 Å². The van der Waals surface area contributed by atoms with Crippen molar-refractivity contribution in [2.24, 2.45) is 5.73 Å². The number of nitrogens with zero attached hydrogens (tertiary/aromatic N) is 1. The second-order valence-electron chi connectivity index (χ2n) is 5.39. The predicted molar refractivity (Wildman–Crippen MR) is 78.5 cm³/mol. The molecule has 0 aromatic heterocycles. The molecule has 18 heavy (non-hydrogen) atoms. The van der Waals surface area contributed by atoms with E-state index >= 15 is 0 Å². The van der Waals surface area contributed by atoms with Gasteiger partial charge >= 0.3 is 0 Å². The third-order valence-electron chi connectivity index (χ3n) is 3.60. The highest BCUT2D eigenvalue weighted by molar-refractivity contribution is 5.89. The Bertz CT molecular complexity index is 266. The van der Waals surface area contributed by atoms with Crippen molar-refractivity contribution in [1.82, 2.24) is 10.2 Å². The van der Waals surface area contributed by atoms with Gasteiger partial charge in [0.2, 0.25) is 5.91 Å². The van der Waals surface area contributed by atoms with Gasteiger partial charge in [0.25, 0.3) is 0 Å². The fourth-order valence-electron chi connectivity index (χ4n) is 2.30. The Hall–Kier alpha value is -0.0300. The first-order valence-corrected chi connectivity index (χ1v) is 6.42. The Kier molecular flexibility index (Phi) is 7.52. The molecular weight excluding hydrogens is 273 g/mol. The summed E-state index contributed by atoms with van der Waals surface area (Å²) < 4.78 is 0. The van der Waals surface area contributed by atoms with E-state index < -0.39 is 5.54 Å². The number of likely N-dealkylation sites (tertiary alicyclic amines) is 1. The molecule has 108 valence electrons. The topological polar surface area (TPSA) is 58.4 Å². The summed E-state index contributed by atoms with van der Waals surface area (Å²) >= 11 is 0. The van der Waals surface area contributed by atoms with Crippen LogP contribution in [-0.4, -0.2) is 42.0 Å². The SMILES string of the molecule is CC(CN1CCCCC1)NC(=O)C1(N)CC1.Cl.Cl. The van der Waals surface area contributed by atoms with Gasteiger partial charge in [0.1, 0.15) is 0 Å². The lowest BCUT2D eigenvalue weighted by Crippen LogP contribution is -2.50. The van der Waals surface area contributed by atoms with Crippen LogP contribution in [0.2, 0.25) is 0 Å². The molecule has 6 heteroatoms. The van der Waals surface area contributed by atoms with Crippen molar-refractivity contribution in [3.63, 3.8) is 0 Å². The summed E-state index contributed by atoms with van der Waals surface area (Å²) in [4.78, 5) is 14.2. The van der Waals surface area contributed by atoms with Crippen molar-refractivity contribution < 1.29 is 4.79 Å². The Morgan fingerprint density at radius 2 is 1.83 bits per heavy atom. The molecule has 1 heterocycles. The van der Waals surface area contributed by atoms with E-state index in [-0.39, 0.29) is 36.8 Å². The van der Waals surface area contributed by atoms with E-state index in [1.165, 1.54) is 32.4 Å². The number of nitrogens with one attached hydrogen (secondary N) is 1. The van der Waals surface area contributed by atoms with E-state index in [0.717, 1.165) is 19.4 Å². The second kappa shape index (κ2) is 7.53. The lowest BCUT2D eigenvalue weighted by molar-refractivity contribution is -0.124. The second-order valence-corrected chi connectivity index (χ2v) is 5.39. The minimum absolute atomic E-state index is 0. The van der Waals surface area contributed by atoms with E-state index in [2.05, 4.69) is 17.1 Å². The summed E-state index contributed by atoms with van der Waals surface area (Å²) in [5.41, 5.74) is 5.31. The fraction of sp³-hybridized carbons (Fsp3) is 0.917. The van der Waals surface area contributed by atoms with Crippen molar-refractivity contribution in [2.75, 3.05) is 19.6 Å². The lowest BCUT2D eigenvalue weighted by Gasteiger charge is -2.29. The number of hydrogen-bond donors (Lipinski definition) is 2. The van der Waals surface area contributed by atoms with Crippen LogP contribution in [-0.2, 0) is 4.79 Å². The van der Waals surface area contributed by atoms with Gasteiger partial charge < -0.3 is 16.0 Å². The molecule has 1 unspecified atom stereocenters. The quantitative estimate of drug-likeness (QED) is 0.823. The molecule has 1 saturated carbocycles. The number of carbonyl (C=O) groups excluding carboxylic acids is 1. The molecule has 1 atom stereocenters. The summed E-state index contributed by atoms with van der Waals surface area (Å²) in [5, 5.41) is 3.02. The van der Waals surface area contributed by atoms with Gasteiger partial charge in [0.15, 0.2) is 0 Å². The van der Waals surface area contributed by atoms with Crippen LogP contribution in [0.3, 0.4) is 0 Å². The Balaban J connectivity index is 0.00000144. The molecule has 1 aliphatic carbocycles. The Morgan fingerprint density at radius 3 is 2.33 bits per heavy atom. The van der Waals surface area contributed by atoms with Gasteiger partial charge in [-0.1, -0.05) is 6.42 Å². The first-order chi connectivity index (χ1) is 7.60. The molecule has 1 saturated heterocycles. The number of hydrogen-bond acceptors (Lipinski definition) is 3. The highest BCUT2D eigenvalue weighted by atomic mass is 35.5. The van der Waals surface area contributed by atoms with Crippen molar-refractivity contribution >= 4 is 30.7 Å². The molecular formula is C12H25Cl2N3O. The number of piperidine rings is 1. The van der Waals surface area contributed by atoms with E-state index in [1.807, 2.05) is 0 Å². The number of halogens is 2. The van der Waals surface area contributed by atoms with Crippen molar-refractivity contribution in [2.45, 2.75) is 50.6 Å². The van der Waals surface area contributed by atoms with Crippen LogP contribution in [0.4, 0.5) is 0 Å². The summed E-state index contributed by atoms with van der Waals surface area (Å²) in [5.74, 6) is 0.0389. The summed E-state index contributed by atoms with van der Waals surface area (Å²) in [6.45, 7) is 5.38. The van der Waals surface area contributed by atoms with Gasteiger partial charge in [-0.2, -0.15) is 0 Å². The molecule has 2 rings (SSSR count). The summed E-state index contributed by atoms with van der Waals surface area (Å²) in [6.07, 6.45) is 5.62. The number of rotatable bonds is 4. The van der Waals surface area contributed by atoms with E-state index in [4.69, 9.17) is 5.73 Å². The maximum absolute atomic E-state index is 11.7.